The van der Waals surface area contributed by atoms with Crippen LogP contribution in [0.2, 0.25) is 0 Å². The molecule has 0 heterocycles. The zero-order chi connectivity index (χ0) is 10.6. The Hall–Kier alpha value is -1.49. The van der Waals surface area contributed by atoms with Gasteiger partial charge in [0.2, 0.25) is 6.04 Å². The van der Waals surface area contributed by atoms with Gasteiger partial charge in [-0.1, -0.05) is 12.1 Å². The van der Waals surface area contributed by atoms with E-state index in [0.29, 0.717) is 0 Å². The molecule has 2 nitrogen and oxygen atoms in total. The van der Waals surface area contributed by atoms with Crippen molar-refractivity contribution in [1.29, 1.82) is 0 Å². The SMILES string of the molecule is [C-]#[N+]C(C)c1ccccc1OC(C)C. The fraction of sp³-hybridized carbons (Fsp3) is 0.417. The fourth-order valence-electron chi connectivity index (χ4n) is 1.26. The Labute approximate surface area is 85.3 Å². The molecule has 0 bridgehead atoms. The Morgan fingerprint density at radius 2 is 1.86 bits per heavy atom. The van der Waals surface area contributed by atoms with Crippen molar-refractivity contribution < 1.29 is 4.74 Å². The van der Waals surface area contributed by atoms with Crippen LogP contribution in [0.5, 0.6) is 5.75 Å². The number of nitrogens with zero attached hydrogens (tertiary/aromatic N) is 1. The predicted octanol–water partition coefficient (Wildman–Crippen LogP) is 3.45. The standard InChI is InChI=1S/C12H15NO/c1-9(2)14-12-8-6-5-7-11(12)10(3)13-4/h5-10H,1-3H3. The molecule has 0 aliphatic carbocycles. The first-order chi connectivity index (χ1) is 6.65. The van der Waals surface area contributed by atoms with Gasteiger partial charge >= 0.3 is 0 Å². The highest BCUT2D eigenvalue weighted by Crippen LogP contribution is 2.27. The second-order valence-corrected chi connectivity index (χ2v) is 3.51. The lowest BCUT2D eigenvalue weighted by atomic mass is 10.1. The van der Waals surface area contributed by atoms with Crippen molar-refractivity contribution in [2.45, 2.75) is 32.9 Å². The average molecular weight is 189 g/mol. The van der Waals surface area contributed by atoms with Gasteiger partial charge in [-0.05, 0) is 26.0 Å². The minimum absolute atomic E-state index is 0.134. The van der Waals surface area contributed by atoms with Gasteiger partial charge in [-0.3, -0.25) is 0 Å². The van der Waals surface area contributed by atoms with Crippen LogP contribution in [-0.2, 0) is 0 Å². The number of rotatable bonds is 3. The highest BCUT2D eigenvalue weighted by molar-refractivity contribution is 5.37. The van der Waals surface area contributed by atoms with Crippen molar-refractivity contribution in [3.8, 4) is 5.75 Å². The monoisotopic (exact) mass is 189 g/mol. The lowest BCUT2D eigenvalue weighted by Crippen LogP contribution is -2.07. The number of benzene rings is 1. The summed E-state index contributed by atoms with van der Waals surface area (Å²) in [5.74, 6) is 0.825. The summed E-state index contributed by atoms with van der Waals surface area (Å²) in [6.07, 6.45) is 0.147. The summed E-state index contributed by atoms with van der Waals surface area (Å²) >= 11 is 0. The average Bonchev–Trinajstić information content (AvgIpc) is 2.16. The Kier molecular flexibility index (Phi) is 3.53. The first-order valence-electron chi connectivity index (χ1n) is 4.77. The van der Waals surface area contributed by atoms with E-state index in [1.165, 1.54) is 0 Å². The zero-order valence-corrected chi connectivity index (χ0v) is 8.82. The lowest BCUT2D eigenvalue weighted by Gasteiger charge is -2.13. The van der Waals surface area contributed by atoms with Crippen LogP contribution in [0.15, 0.2) is 24.3 Å². The molecule has 74 valence electrons. The maximum atomic E-state index is 6.99. The molecule has 0 saturated carbocycles. The molecular weight excluding hydrogens is 174 g/mol. The van der Waals surface area contributed by atoms with Crippen molar-refractivity contribution in [2.75, 3.05) is 0 Å². The third-order valence-corrected chi connectivity index (χ3v) is 1.93. The van der Waals surface area contributed by atoms with Crippen LogP contribution in [0.3, 0.4) is 0 Å². The molecule has 0 radical (unpaired) electrons. The normalized spacial score (nSPS) is 12.2. The molecule has 0 aliphatic rings. The predicted molar refractivity (Wildman–Crippen MR) is 57.2 cm³/mol. The molecule has 0 aromatic heterocycles. The molecule has 0 N–H and O–H groups in total. The van der Waals surface area contributed by atoms with Gasteiger partial charge in [0.15, 0.2) is 0 Å². The summed E-state index contributed by atoms with van der Waals surface area (Å²) in [7, 11) is 0. The van der Waals surface area contributed by atoms with E-state index in [1.54, 1.807) is 0 Å². The number of hydrogen-bond donors (Lipinski definition) is 0. The van der Waals surface area contributed by atoms with Crippen LogP contribution < -0.4 is 4.74 Å². The Bertz CT molecular complexity index is 338. The van der Waals surface area contributed by atoms with Crippen molar-refractivity contribution in [3.63, 3.8) is 0 Å². The van der Waals surface area contributed by atoms with Gasteiger partial charge in [0, 0.05) is 6.92 Å². The molecule has 0 amide bonds. The van der Waals surface area contributed by atoms with E-state index in [2.05, 4.69) is 4.85 Å². The van der Waals surface area contributed by atoms with E-state index in [1.807, 2.05) is 45.0 Å². The highest BCUT2D eigenvalue weighted by atomic mass is 16.5. The second kappa shape index (κ2) is 4.66. The number of ether oxygens (including phenoxy) is 1. The molecule has 2 heteroatoms. The van der Waals surface area contributed by atoms with E-state index < -0.39 is 0 Å². The van der Waals surface area contributed by atoms with Gasteiger partial charge in [0.05, 0.1) is 11.7 Å². The van der Waals surface area contributed by atoms with Crippen LogP contribution >= 0.6 is 0 Å². The molecule has 1 unspecified atom stereocenters. The smallest absolute Gasteiger partial charge is 0.249 e. The van der Waals surface area contributed by atoms with Gasteiger partial charge in [-0.2, -0.15) is 0 Å². The van der Waals surface area contributed by atoms with Crippen LogP contribution in [0.25, 0.3) is 4.85 Å². The first kappa shape index (κ1) is 10.6. The molecule has 1 rings (SSSR count). The van der Waals surface area contributed by atoms with Gasteiger partial charge in [-0.15, -0.1) is 0 Å². The maximum Gasteiger partial charge on any atom is 0.249 e. The summed E-state index contributed by atoms with van der Waals surface area (Å²) < 4.78 is 5.62. The van der Waals surface area contributed by atoms with Gasteiger partial charge in [0.25, 0.3) is 0 Å². The quantitative estimate of drug-likeness (QED) is 0.664. The van der Waals surface area contributed by atoms with Crippen LogP contribution in [-0.4, -0.2) is 6.10 Å². The molecule has 1 aromatic rings. The molecule has 1 atom stereocenters. The number of para-hydroxylation sites is 1. The summed E-state index contributed by atoms with van der Waals surface area (Å²) in [6, 6.07) is 7.59. The van der Waals surface area contributed by atoms with E-state index in [9.17, 15) is 0 Å². The minimum Gasteiger partial charge on any atom is -0.490 e. The summed E-state index contributed by atoms with van der Waals surface area (Å²) in [4.78, 5) is 3.50. The van der Waals surface area contributed by atoms with Crippen molar-refractivity contribution in [1.82, 2.24) is 0 Å². The van der Waals surface area contributed by atoms with Crippen molar-refractivity contribution in [3.05, 3.63) is 41.2 Å². The van der Waals surface area contributed by atoms with Gasteiger partial charge in [0.1, 0.15) is 5.75 Å². The van der Waals surface area contributed by atoms with Crippen molar-refractivity contribution >= 4 is 0 Å². The molecule has 0 fully saturated rings. The third kappa shape index (κ3) is 2.50. The van der Waals surface area contributed by atoms with Gasteiger partial charge in [-0.25, -0.2) is 6.57 Å². The van der Waals surface area contributed by atoms with Crippen LogP contribution in [0.1, 0.15) is 32.4 Å². The number of hydrogen-bond acceptors (Lipinski definition) is 1. The van der Waals surface area contributed by atoms with E-state index in [-0.39, 0.29) is 12.1 Å². The zero-order valence-electron chi connectivity index (χ0n) is 8.82. The summed E-state index contributed by atoms with van der Waals surface area (Å²) in [6.45, 7) is 12.8. The maximum absolute atomic E-state index is 6.99. The Balaban J connectivity index is 2.98. The largest absolute Gasteiger partial charge is 0.490 e. The Morgan fingerprint density at radius 1 is 1.21 bits per heavy atom. The molecule has 0 aliphatic heterocycles. The van der Waals surface area contributed by atoms with Crippen molar-refractivity contribution in [2.24, 2.45) is 0 Å². The first-order valence-corrected chi connectivity index (χ1v) is 4.77. The minimum atomic E-state index is -0.134. The lowest BCUT2D eigenvalue weighted by molar-refractivity contribution is 0.239. The Morgan fingerprint density at radius 3 is 2.43 bits per heavy atom. The van der Waals surface area contributed by atoms with Crippen LogP contribution in [0, 0.1) is 6.57 Å². The topological polar surface area (TPSA) is 13.6 Å². The van der Waals surface area contributed by atoms with Crippen LogP contribution in [0.4, 0.5) is 0 Å². The van der Waals surface area contributed by atoms with E-state index in [0.717, 1.165) is 11.3 Å². The molecular formula is C12H15NO. The molecule has 1 aromatic carbocycles. The van der Waals surface area contributed by atoms with E-state index in [4.69, 9.17) is 11.3 Å². The summed E-state index contributed by atoms with van der Waals surface area (Å²) in [5.41, 5.74) is 0.969. The summed E-state index contributed by atoms with van der Waals surface area (Å²) in [5, 5.41) is 0. The van der Waals surface area contributed by atoms with Gasteiger partial charge < -0.3 is 9.58 Å². The van der Waals surface area contributed by atoms with E-state index >= 15 is 0 Å². The highest BCUT2D eigenvalue weighted by Gasteiger charge is 2.14. The fourth-order valence-corrected chi connectivity index (χ4v) is 1.26. The third-order valence-electron chi connectivity index (χ3n) is 1.93. The molecule has 0 spiro atoms. The molecule has 0 saturated heterocycles. The second-order valence-electron chi connectivity index (χ2n) is 3.51. The molecule has 14 heavy (non-hydrogen) atoms.